The van der Waals surface area contributed by atoms with E-state index in [1.165, 1.54) is 12.1 Å². The molecule has 3 rings (SSSR count). The van der Waals surface area contributed by atoms with Crippen LogP contribution >= 0.6 is 0 Å². The molecular weight excluding hydrogens is 390 g/mol. The Hall–Kier alpha value is -2.96. The van der Waals surface area contributed by atoms with Gasteiger partial charge in [0.25, 0.3) is 5.91 Å². The molecule has 160 valence electrons. The van der Waals surface area contributed by atoms with E-state index in [0.29, 0.717) is 23.2 Å². The number of carbonyl (C=O) groups excluding carboxylic acids is 2. The number of rotatable bonds is 7. The molecule has 0 saturated carbocycles. The highest BCUT2D eigenvalue weighted by Gasteiger charge is 2.40. The Morgan fingerprint density at radius 1 is 1.17 bits per heavy atom. The zero-order valence-corrected chi connectivity index (χ0v) is 17.3. The molecule has 1 unspecified atom stereocenters. The number of alkyl halides is 2. The van der Waals surface area contributed by atoms with Gasteiger partial charge >= 0.3 is 6.61 Å². The highest BCUT2D eigenvalue weighted by molar-refractivity contribution is 6.04. The maximum atomic E-state index is 13.1. The number of nitrogens with zero attached hydrogens (tertiary/aromatic N) is 1. The monoisotopic (exact) mass is 416 g/mol. The van der Waals surface area contributed by atoms with Gasteiger partial charge in [0.15, 0.2) is 0 Å². The van der Waals surface area contributed by atoms with E-state index >= 15 is 0 Å². The van der Waals surface area contributed by atoms with Crippen LogP contribution in [-0.2, 0) is 11.3 Å². The number of hydrogen-bond acceptors (Lipinski definition) is 3. The van der Waals surface area contributed by atoms with Crippen LogP contribution in [0.25, 0.3) is 0 Å². The maximum absolute atomic E-state index is 13.1. The summed E-state index contributed by atoms with van der Waals surface area (Å²) in [7, 11) is 0. The minimum atomic E-state index is -2.91. The first-order valence-electron chi connectivity index (χ1n) is 9.87. The number of ether oxygens (including phenoxy) is 1. The van der Waals surface area contributed by atoms with Crippen molar-refractivity contribution in [2.45, 2.75) is 46.4 Å². The maximum Gasteiger partial charge on any atom is 0.387 e. The minimum absolute atomic E-state index is 0.0151. The number of benzene rings is 2. The van der Waals surface area contributed by atoms with Gasteiger partial charge in [0.05, 0.1) is 0 Å². The van der Waals surface area contributed by atoms with Gasteiger partial charge in [-0.2, -0.15) is 8.78 Å². The molecule has 0 aromatic heterocycles. The van der Waals surface area contributed by atoms with E-state index in [9.17, 15) is 18.4 Å². The lowest BCUT2D eigenvalue weighted by Crippen LogP contribution is -2.40. The molecule has 0 aliphatic carbocycles. The molecule has 2 amide bonds. The van der Waals surface area contributed by atoms with Crippen molar-refractivity contribution in [1.82, 2.24) is 10.2 Å². The lowest BCUT2D eigenvalue weighted by molar-refractivity contribution is -0.125. The van der Waals surface area contributed by atoms with E-state index in [1.54, 1.807) is 35.2 Å². The summed E-state index contributed by atoms with van der Waals surface area (Å²) in [4.78, 5) is 27.6. The van der Waals surface area contributed by atoms with Crippen LogP contribution in [0.15, 0.2) is 48.5 Å². The van der Waals surface area contributed by atoms with Gasteiger partial charge in [-0.3, -0.25) is 9.59 Å². The third-order valence-corrected chi connectivity index (χ3v) is 5.00. The average Bonchev–Trinajstić information content (AvgIpc) is 2.96. The number of fused-ring (bicyclic) bond motifs is 1. The molecular formula is C23H26F2N2O3. The molecule has 0 radical (unpaired) electrons. The zero-order valence-electron chi connectivity index (χ0n) is 17.3. The summed E-state index contributed by atoms with van der Waals surface area (Å²) in [5.74, 6) is -0.422. The van der Waals surface area contributed by atoms with Gasteiger partial charge in [-0.15, -0.1) is 0 Å². The van der Waals surface area contributed by atoms with Crippen molar-refractivity contribution in [1.29, 1.82) is 0 Å². The summed E-state index contributed by atoms with van der Waals surface area (Å²) in [6.45, 7) is 3.96. The number of amides is 2. The van der Waals surface area contributed by atoms with Crippen LogP contribution in [0, 0.1) is 5.41 Å². The van der Waals surface area contributed by atoms with Gasteiger partial charge in [-0.05, 0) is 41.2 Å². The van der Waals surface area contributed by atoms with Crippen LogP contribution in [0.1, 0.15) is 54.7 Å². The molecule has 0 saturated heterocycles. The van der Waals surface area contributed by atoms with E-state index in [0.717, 1.165) is 6.42 Å². The van der Waals surface area contributed by atoms with Crippen molar-refractivity contribution >= 4 is 11.8 Å². The van der Waals surface area contributed by atoms with Crippen LogP contribution < -0.4 is 10.1 Å². The van der Waals surface area contributed by atoms with Gasteiger partial charge in [0, 0.05) is 18.7 Å². The summed E-state index contributed by atoms with van der Waals surface area (Å²) < 4.78 is 29.2. The second-order valence-corrected chi connectivity index (χ2v) is 8.54. The number of carbonyl (C=O) groups is 2. The van der Waals surface area contributed by atoms with Crippen molar-refractivity contribution in [3.63, 3.8) is 0 Å². The third kappa shape index (κ3) is 5.14. The molecule has 1 N–H and O–H groups in total. The standard InChI is InChI=1S/C23H26F2N2O3/c1-23(2,3)11-12-27-19(17-9-4-5-10-18(17)21(27)29)20(28)26-14-15-7-6-8-16(13-15)30-22(24)25/h4-10,13,19,22H,11-12,14H2,1-3H3,(H,26,28). The Kier molecular flexibility index (Phi) is 6.39. The van der Waals surface area contributed by atoms with Crippen molar-refractivity contribution < 1.29 is 23.1 Å². The Morgan fingerprint density at radius 3 is 2.60 bits per heavy atom. The molecule has 1 heterocycles. The van der Waals surface area contributed by atoms with E-state index in [2.05, 4.69) is 30.8 Å². The molecule has 0 spiro atoms. The Labute approximate surface area is 175 Å². The number of hydrogen-bond donors (Lipinski definition) is 1. The first kappa shape index (κ1) is 21.7. The molecule has 2 aromatic carbocycles. The van der Waals surface area contributed by atoms with E-state index in [4.69, 9.17) is 0 Å². The van der Waals surface area contributed by atoms with Crippen molar-refractivity contribution in [3.8, 4) is 5.75 Å². The van der Waals surface area contributed by atoms with Gasteiger partial charge in [-0.1, -0.05) is 51.1 Å². The molecule has 0 fully saturated rings. The molecule has 5 nitrogen and oxygen atoms in total. The van der Waals surface area contributed by atoms with Gasteiger partial charge in [0.2, 0.25) is 5.91 Å². The van der Waals surface area contributed by atoms with Crippen LogP contribution in [0.5, 0.6) is 5.75 Å². The fourth-order valence-electron chi connectivity index (χ4n) is 3.46. The molecule has 1 atom stereocenters. The summed E-state index contributed by atoms with van der Waals surface area (Å²) in [6, 6.07) is 12.6. The molecule has 1 aliphatic heterocycles. The normalized spacial score (nSPS) is 16.0. The summed E-state index contributed by atoms with van der Waals surface area (Å²) >= 11 is 0. The molecule has 7 heteroatoms. The molecule has 2 aromatic rings. The first-order chi connectivity index (χ1) is 14.2. The SMILES string of the molecule is CC(C)(C)CCN1C(=O)c2ccccc2C1C(=O)NCc1cccc(OC(F)F)c1. The topological polar surface area (TPSA) is 58.6 Å². The fourth-order valence-corrected chi connectivity index (χ4v) is 3.46. The van der Waals surface area contributed by atoms with Crippen LogP contribution in [0.3, 0.4) is 0 Å². The highest BCUT2D eigenvalue weighted by Crippen LogP contribution is 2.35. The van der Waals surface area contributed by atoms with Gasteiger partial charge < -0.3 is 15.0 Å². The lowest BCUT2D eigenvalue weighted by atomic mass is 9.92. The second-order valence-electron chi connectivity index (χ2n) is 8.54. The molecule has 1 aliphatic rings. The fraction of sp³-hybridized carbons (Fsp3) is 0.391. The Morgan fingerprint density at radius 2 is 1.90 bits per heavy atom. The Balaban J connectivity index is 1.75. The second kappa shape index (κ2) is 8.81. The van der Waals surface area contributed by atoms with Crippen molar-refractivity contribution in [2.24, 2.45) is 5.41 Å². The quantitative estimate of drug-likeness (QED) is 0.721. The third-order valence-electron chi connectivity index (χ3n) is 5.00. The minimum Gasteiger partial charge on any atom is -0.435 e. The van der Waals surface area contributed by atoms with Gasteiger partial charge in [0.1, 0.15) is 11.8 Å². The van der Waals surface area contributed by atoms with Crippen molar-refractivity contribution in [3.05, 3.63) is 65.2 Å². The van der Waals surface area contributed by atoms with Crippen LogP contribution in [-0.4, -0.2) is 29.9 Å². The number of halogens is 2. The predicted octanol–water partition coefficient (Wildman–Crippen LogP) is 4.54. The smallest absolute Gasteiger partial charge is 0.387 e. The predicted molar refractivity (Wildman–Crippen MR) is 109 cm³/mol. The average molecular weight is 416 g/mol. The van der Waals surface area contributed by atoms with E-state index in [-0.39, 0.29) is 29.5 Å². The molecule has 0 bridgehead atoms. The van der Waals surface area contributed by atoms with Crippen LogP contribution in [0.2, 0.25) is 0 Å². The molecule has 30 heavy (non-hydrogen) atoms. The first-order valence-corrected chi connectivity index (χ1v) is 9.87. The summed E-state index contributed by atoms with van der Waals surface area (Å²) in [5.41, 5.74) is 1.87. The van der Waals surface area contributed by atoms with Crippen molar-refractivity contribution in [2.75, 3.05) is 6.54 Å². The van der Waals surface area contributed by atoms with Crippen LogP contribution in [0.4, 0.5) is 8.78 Å². The lowest BCUT2D eigenvalue weighted by Gasteiger charge is -2.28. The summed E-state index contributed by atoms with van der Waals surface area (Å²) in [5, 5.41) is 2.83. The summed E-state index contributed by atoms with van der Waals surface area (Å²) in [6.07, 6.45) is 0.753. The van der Waals surface area contributed by atoms with Gasteiger partial charge in [-0.25, -0.2) is 0 Å². The zero-order chi connectivity index (χ0) is 21.9. The Bertz CT molecular complexity index is 925. The van der Waals surface area contributed by atoms with E-state index < -0.39 is 12.7 Å². The van der Waals surface area contributed by atoms with E-state index in [1.807, 2.05) is 6.07 Å². The number of nitrogens with one attached hydrogen (secondary N) is 1. The largest absolute Gasteiger partial charge is 0.435 e. The highest BCUT2D eigenvalue weighted by atomic mass is 19.3.